The van der Waals surface area contributed by atoms with E-state index in [1.165, 1.54) is 48.5 Å². The third-order valence-corrected chi connectivity index (χ3v) is 5.20. The number of carbonyl (C=O) groups is 3. The maximum absolute atomic E-state index is 13.0. The normalized spacial score (nSPS) is 15.2. The number of carbonyl (C=O) groups excluding carboxylic acids is 3. The Hall–Kier alpha value is -4.24. The number of nitro benzene ring substituents is 1. The second kappa shape index (κ2) is 8.12. The molecule has 4 rings (SSSR count). The van der Waals surface area contributed by atoms with Gasteiger partial charge in [0.15, 0.2) is 0 Å². The number of benzene rings is 2. The number of halogens is 1. The van der Waals surface area contributed by atoms with Crippen molar-refractivity contribution >= 4 is 46.9 Å². The van der Waals surface area contributed by atoms with Crippen LogP contribution in [0.25, 0.3) is 17.4 Å². The van der Waals surface area contributed by atoms with Crippen LogP contribution in [0.4, 0.5) is 16.2 Å². The molecule has 10 heteroatoms. The topological polar surface area (TPSA) is 123 Å². The summed E-state index contributed by atoms with van der Waals surface area (Å²) in [6.45, 7) is 1.77. The number of barbiturate groups is 1. The molecule has 32 heavy (non-hydrogen) atoms. The van der Waals surface area contributed by atoms with Gasteiger partial charge in [-0.15, -0.1) is 0 Å². The predicted molar refractivity (Wildman–Crippen MR) is 116 cm³/mol. The Kier molecular flexibility index (Phi) is 5.33. The minimum atomic E-state index is -0.905. The minimum Gasteiger partial charge on any atom is -0.456 e. The lowest BCUT2D eigenvalue weighted by Gasteiger charge is -2.26. The van der Waals surface area contributed by atoms with Gasteiger partial charge in [0.05, 0.1) is 16.2 Å². The SMILES string of the molecule is Cc1ccc(N2C(=O)NC(=O)/C(=C/c3ccc(-c4ccccc4[N+](=O)[O-])o3)C2=O)cc1Cl. The number of rotatable bonds is 4. The molecule has 1 aliphatic rings. The van der Waals surface area contributed by atoms with Gasteiger partial charge in [0, 0.05) is 11.1 Å². The van der Waals surface area contributed by atoms with Crippen molar-refractivity contribution in [1.29, 1.82) is 0 Å². The number of nitrogens with zero attached hydrogens (tertiary/aromatic N) is 2. The Balaban J connectivity index is 1.70. The molecule has 0 bridgehead atoms. The molecule has 1 aromatic heterocycles. The van der Waals surface area contributed by atoms with E-state index in [1.807, 2.05) is 0 Å². The first-order valence-corrected chi connectivity index (χ1v) is 9.65. The first-order chi connectivity index (χ1) is 15.3. The van der Waals surface area contributed by atoms with Gasteiger partial charge in [0.2, 0.25) is 0 Å². The number of hydrogen-bond acceptors (Lipinski definition) is 6. The van der Waals surface area contributed by atoms with Crippen LogP contribution in [-0.2, 0) is 9.59 Å². The number of anilines is 1. The molecule has 2 aromatic carbocycles. The van der Waals surface area contributed by atoms with Gasteiger partial charge in [0.25, 0.3) is 17.5 Å². The molecular formula is C22H14ClN3O6. The Labute approximate surface area is 186 Å². The molecule has 0 saturated carbocycles. The molecule has 4 amide bonds. The number of aryl methyl sites for hydroxylation is 1. The molecular weight excluding hydrogens is 438 g/mol. The molecule has 3 aromatic rings. The maximum atomic E-state index is 13.0. The number of furan rings is 1. The zero-order chi connectivity index (χ0) is 23.0. The van der Waals surface area contributed by atoms with Gasteiger partial charge in [-0.05, 0) is 48.9 Å². The summed E-state index contributed by atoms with van der Waals surface area (Å²) in [5.41, 5.74) is 0.699. The predicted octanol–water partition coefficient (Wildman–Crippen LogP) is 4.48. The highest BCUT2D eigenvalue weighted by atomic mass is 35.5. The van der Waals surface area contributed by atoms with Crippen molar-refractivity contribution in [3.05, 3.63) is 86.6 Å². The van der Waals surface area contributed by atoms with Crippen molar-refractivity contribution in [3.63, 3.8) is 0 Å². The summed E-state index contributed by atoms with van der Waals surface area (Å²) < 4.78 is 5.62. The third-order valence-electron chi connectivity index (χ3n) is 4.79. The van der Waals surface area contributed by atoms with Crippen molar-refractivity contribution in [3.8, 4) is 11.3 Å². The van der Waals surface area contributed by atoms with Crippen LogP contribution in [0.1, 0.15) is 11.3 Å². The number of imide groups is 2. The molecule has 0 unspecified atom stereocenters. The summed E-state index contributed by atoms with van der Waals surface area (Å²) in [6, 6.07) is 12.7. The number of nitrogens with one attached hydrogen (secondary N) is 1. The zero-order valence-corrected chi connectivity index (χ0v) is 17.3. The van der Waals surface area contributed by atoms with Crippen molar-refractivity contribution < 1.29 is 23.7 Å². The second-order valence-electron chi connectivity index (χ2n) is 6.87. The summed E-state index contributed by atoms with van der Waals surface area (Å²) >= 11 is 6.11. The molecule has 2 heterocycles. The number of amides is 4. The molecule has 1 saturated heterocycles. The van der Waals surface area contributed by atoms with Gasteiger partial charge in [-0.3, -0.25) is 25.0 Å². The van der Waals surface area contributed by atoms with E-state index in [0.29, 0.717) is 5.02 Å². The summed E-state index contributed by atoms with van der Waals surface area (Å²) in [4.78, 5) is 49.1. The Morgan fingerprint density at radius 3 is 2.56 bits per heavy atom. The third kappa shape index (κ3) is 3.77. The van der Waals surface area contributed by atoms with E-state index in [-0.39, 0.29) is 34.0 Å². The van der Waals surface area contributed by atoms with E-state index in [1.54, 1.807) is 19.1 Å². The number of urea groups is 1. The van der Waals surface area contributed by atoms with Crippen LogP contribution in [0, 0.1) is 17.0 Å². The number of para-hydroxylation sites is 1. The smallest absolute Gasteiger partial charge is 0.335 e. The highest BCUT2D eigenvalue weighted by Crippen LogP contribution is 2.32. The Morgan fingerprint density at radius 1 is 1.09 bits per heavy atom. The van der Waals surface area contributed by atoms with Crippen molar-refractivity contribution in [1.82, 2.24) is 5.32 Å². The van der Waals surface area contributed by atoms with E-state index >= 15 is 0 Å². The van der Waals surface area contributed by atoms with E-state index < -0.39 is 22.8 Å². The fourth-order valence-corrected chi connectivity index (χ4v) is 3.35. The zero-order valence-electron chi connectivity index (χ0n) is 16.5. The number of nitro groups is 1. The fraction of sp³-hybridized carbons (Fsp3) is 0.0455. The van der Waals surface area contributed by atoms with Crippen molar-refractivity contribution in [2.24, 2.45) is 0 Å². The fourth-order valence-electron chi connectivity index (χ4n) is 3.17. The largest absolute Gasteiger partial charge is 0.456 e. The lowest BCUT2D eigenvalue weighted by molar-refractivity contribution is -0.384. The summed E-state index contributed by atoms with van der Waals surface area (Å²) in [5.74, 6) is -1.46. The van der Waals surface area contributed by atoms with Gasteiger partial charge in [-0.1, -0.05) is 29.8 Å². The molecule has 0 radical (unpaired) electrons. The second-order valence-corrected chi connectivity index (χ2v) is 7.27. The van der Waals surface area contributed by atoms with Crippen LogP contribution in [0.2, 0.25) is 5.02 Å². The molecule has 1 N–H and O–H groups in total. The average molecular weight is 452 g/mol. The molecule has 1 fully saturated rings. The lowest BCUT2D eigenvalue weighted by Crippen LogP contribution is -2.54. The molecule has 0 aliphatic carbocycles. The average Bonchev–Trinajstić information content (AvgIpc) is 3.22. The standard InChI is InChI=1S/C22H14ClN3O6/c1-12-6-7-13(10-17(12)23)25-21(28)16(20(27)24-22(25)29)11-14-8-9-19(32-14)15-4-2-3-5-18(15)26(30)31/h2-11H,1H3,(H,24,27,29)/b16-11-. The lowest BCUT2D eigenvalue weighted by atomic mass is 10.1. The van der Waals surface area contributed by atoms with Gasteiger partial charge in [-0.2, -0.15) is 0 Å². The van der Waals surface area contributed by atoms with Crippen LogP contribution in [0.3, 0.4) is 0 Å². The van der Waals surface area contributed by atoms with Gasteiger partial charge < -0.3 is 4.42 Å². The minimum absolute atomic E-state index is 0.105. The van der Waals surface area contributed by atoms with Gasteiger partial charge in [0.1, 0.15) is 17.1 Å². The molecule has 0 atom stereocenters. The highest BCUT2D eigenvalue weighted by Gasteiger charge is 2.37. The van der Waals surface area contributed by atoms with E-state index in [4.69, 9.17) is 16.0 Å². The number of hydrogen-bond donors (Lipinski definition) is 1. The molecule has 9 nitrogen and oxygen atoms in total. The van der Waals surface area contributed by atoms with E-state index in [2.05, 4.69) is 5.32 Å². The molecule has 160 valence electrons. The first kappa shape index (κ1) is 21.0. The van der Waals surface area contributed by atoms with E-state index in [0.717, 1.165) is 10.5 Å². The summed E-state index contributed by atoms with van der Waals surface area (Å²) in [5, 5.41) is 13.7. The van der Waals surface area contributed by atoms with Crippen LogP contribution in [-0.4, -0.2) is 22.8 Å². The summed E-state index contributed by atoms with van der Waals surface area (Å²) in [6.07, 6.45) is 1.17. The van der Waals surface area contributed by atoms with Gasteiger partial charge in [-0.25, -0.2) is 9.69 Å². The molecule has 1 aliphatic heterocycles. The van der Waals surface area contributed by atoms with Crippen LogP contribution in [0.5, 0.6) is 0 Å². The quantitative estimate of drug-likeness (QED) is 0.270. The first-order valence-electron chi connectivity index (χ1n) is 9.27. The molecule has 0 spiro atoms. The van der Waals surface area contributed by atoms with Crippen molar-refractivity contribution in [2.45, 2.75) is 6.92 Å². The van der Waals surface area contributed by atoms with Crippen LogP contribution >= 0.6 is 11.6 Å². The van der Waals surface area contributed by atoms with Gasteiger partial charge >= 0.3 is 6.03 Å². The maximum Gasteiger partial charge on any atom is 0.335 e. The Bertz CT molecular complexity index is 1330. The highest BCUT2D eigenvalue weighted by molar-refractivity contribution is 6.39. The van der Waals surface area contributed by atoms with Crippen LogP contribution in [0.15, 0.2) is 64.6 Å². The Morgan fingerprint density at radius 2 is 1.84 bits per heavy atom. The summed E-state index contributed by atoms with van der Waals surface area (Å²) in [7, 11) is 0. The van der Waals surface area contributed by atoms with Crippen molar-refractivity contribution in [2.75, 3.05) is 4.90 Å². The van der Waals surface area contributed by atoms with E-state index in [9.17, 15) is 24.5 Å². The monoisotopic (exact) mass is 451 g/mol. The van der Waals surface area contributed by atoms with Crippen LogP contribution < -0.4 is 10.2 Å².